The van der Waals surface area contributed by atoms with Crippen LogP contribution < -0.4 is 5.73 Å². The third kappa shape index (κ3) is 5.17. The molecule has 0 aliphatic heterocycles. The maximum absolute atomic E-state index is 9.78. The quantitative estimate of drug-likeness (QED) is 0.439. The molecule has 0 saturated heterocycles. The van der Waals surface area contributed by atoms with E-state index in [1.54, 1.807) is 0 Å². The van der Waals surface area contributed by atoms with Crippen LogP contribution in [-0.2, 0) is 4.79 Å². The van der Waals surface area contributed by atoms with Crippen molar-refractivity contribution in [3.8, 4) is 0 Å². The van der Waals surface area contributed by atoms with Gasteiger partial charge in [0.2, 0.25) is 5.91 Å². The average molecular weight is 101 g/mol. The molecule has 0 aromatic rings. The summed E-state index contributed by atoms with van der Waals surface area (Å²) in [7, 11) is 0. The first-order valence-electron chi connectivity index (χ1n) is 1.84. The summed E-state index contributed by atoms with van der Waals surface area (Å²) >= 11 is 0. The smallest absolute Gasteiger partial charge is 0.241 e. The number of hydrogen-bond acceptors (Lipinski definition) is 2. The lowest BCUT2D eigenvalue weighted by molar-refractivity contribution is -0.113. The average Bonchev–Trinajstić information content (AvgIpc) is 1.61. The van der Waals surface area contributed by atoms with Gasteiger partial charge in [-0.25, -0.2) is 0 Å². The maximum atomic E-state index is 9.78. The first kappa shape index (κ1) is 6.17. The van der Waals surface area contributed by atoms with Crippen LogP contribution in [0.3, 0.4) is 0 Å². The summed E-state index contributed by atoms with van der Waals surface area (Å²) in [4.78, 5) is 9.78. The van der Waals surface area contributed by atoms with E-state index >= 15 is 0 Å². The minimum Gasteiger partial charge on any atom is -0.392 e. The molecule has 3 N–H and O–H groups in total. The fourth-order valence-electron chi connectivity index (χ4n) is 0.169. The Kier molecular flexibility index (Phi) is 2.96. The van der Waals surface area contributed by atoms with E-state index in [4.69, 9.17) is 5.11 Å². The lowest BCUT2D eigenvalue weighted by Crippen LogP contribution is -2.05. The number of aliphatic hydroxyl groups excluding tert-OH is 1. The number of carbonyl (C=O) groups excluding carboxylic acids is 1. The number of hydrogen-bond donors (Lipinski definition) is 2. The molecule has 40 valence electrons. The molecule has 0 unspecified atom stereocenters. The van der Waals surface area contributed by atoms with Crippen LogP contribution in [0, 0.1) is 0 Å². The van der Waals surface area contributed by atoms with Crippen LogP contribution in [0.25, 0.3) is 0 Å². The van der Waals surface area contributed by atoms with E-state index in [1.807, 2.05) is 0 Å². The van der Waals surface area contributed by atoms with Crippen LogP contribution in [0.5, 0.6) is 0 Å². The van der Waals surface area contributed by atoms with E-state index in [2.05, 4.69) is 5.73 Å². The largest absolute Gasteiger partial charge is 0.392 e. The van der Waals surface area contributed by atoms with Crippen molar-refractivity contribution >= 4 is 5.91 Å². The molecular formula is C4H7NO2. The van der Waals surface area contributed by atoms with E-state index < -0.39 is 5.91 Å². The summed E-state index contributed by atoms with van der Waals surface area (Å²) in [6.45, 7) is -0.136. The normalized spacial score (nSPS) is 9.86. The maximum Gasteiger partial charge on any atom is 0.241 e. The summed E-state index contributed by atoms with van der Waals surface area (Å²) in [5.41, 5.74) is 4.64. The van der Waals surface area contributed by atoms with Crippen LogP contribution in [0.4, 0.5) is 0 Å². The second kappa shape index (κ2) is 3.36. The topological polar surface area (TPSA) is 63.3 Å². The number of nitrogens with two attached hydrogens (primary N) is 1. The van der Waals surface area contributed by atoms with Gasteiger partial charge in [-0.05, 0) is 0 Å². The molecule has 3 heteroatoms. The van der Waals surface area contributed by atoms with Gasteiger partial charge in [0.1, 0.15) is 0 Å². The highest BCUT2D eigenvalue weighted by molar-refractivity contribution is 5.85. The van der Waals surface area contributed by atoms with Gasteiger partial charge < -0.3 is 10.8 Å². The monoisotopic (exact) mass is 101 g/mol. The lowest BCUT2D eigenvalue weighted by atomic mass is 10.5. The van der Waals surface area contributed by atoms with Crippen LogP contribution in [-0.4, -0.2) is 17.6 Å². The van der Waals surface area contributed by atoms with Crippen LogP contribution >= 0.6 is 0 Å². The standard InChI is InChI=1S/C4H7NO2/c5-4(7)2-1-3-6/h1-2,6H,3H2,(H2,5,7)/b2-1+. The Morgan fingerprint density at radius 1 is 1.86 bits per heavy atom. The summed E-state index contributed by atoms with van der Waals surface area (Å²) in [5, 5.41) is 8.02. The Morgan fingerprint density at radius 2 is 2.43 bits per heavy atom. The van der Waals surface area contributed by atoms with Gasteiger partial charge in [0.15, 0.2) is 0 Å². The summed E-state index contributed by atoms with van der Waals surface area (Å²) in [5.74, 6) is -0.533. The van der Waals surface area contributed by atoms with Crippen molar-refractivity contribution in [2.75, 3.05) is 6.61 Å². The second-order valence-corrected chi connectivity index (χ2v) is 0.987. The lowest BCUT2D eigenvalue weighted by Gasteiger charge is -1.74. The highest BCUT2D eigenvalue weighted by Gasteiger charge is 1.76. The molecule has 0 spiro atoms. The molecular weight excluding hydrogens is 94.0 g/mol. The minimum atomic E-state index is -0.533. The molecule has 0 bridgehead atoms. The van der Waals surface area contributed by atoms with Gasteiger partial charge >= 0.3 is 0 Å². The molecule has 1 amide bonds. The molecule has 0 aromatic heterocycles. The van der Waals surface area contributed by atoms with Crippen LogP contribution in [0.15, 0.2) is 12.2 Å². The van der Waals surface area contributed by atoms with Crippen molar-refractivity contribution in [3.05, 3.63) is 12.2 Å². The van der Waals surface area contributed by atoms with E-state index in [1.165, 1.54) is 6.08 Å². The number of carbonyl (C=O) groups is 1. The van der Waals surface area contributed by atoms with Crippen LogP contribution in [0.2, 0.25) is 0 Å². The number of primary amides is 1. The summed E-state index contributed by atoms with van der Waals surface area (Å²) < 4.78 is 0. The molecule has 7 heavy (non-hydrogen) atoms. The zero-order chi connectivity index (χ0) is 5.70. The highest BCUT2D eigenvalue weighted by Crippen LogP contribution is 1.64. The Bertz CT molecular complexity index is 87.7. The zero-order valence-electron chi connectivity index (χ0n) is 3.79. The van der Waals surface area contributed by atoms with Gasteiger partial charge in [0.05, 0.1) is 6.61 Å². The molecule has 0 aliphatic carbocycles. The molecule has 0 aromatic carbocycles. The Hall–Kier alpha value is -0.830. The first-order valence-corrected chi connectivity index (χ1v) is 1.84. The van der Waals surface area contributed by atoms with Crippen molar-refractivity contribution in [1.29, 1.82) is 0 Å². The van der Waals surface area contributed by atoms with E-state index in [0.717, 1.165) is 6.08 Å². The molecule has 3 nitrogen and oxygen atoms in total. The van der Waals surface area contributed by atoms with Gasteiger partial charge in [-0.2, -0.15) is 0 Å². The van der Waals surface area contributed by atoms with Gasteiger partial charge in [0.25, 0.3) is 0 Å². The van der Waals surface area contributed by atoms with Gasteiger partial charge in [-0.3, -0.25) is 4.79 Å². The van der Waals surface area contributed by atoms with E-state index in [-0.39, 0.29) is 6.61 Å². The Balaban J connectivity index is 3.26. The van der Waals surface area contributed by atoms with Gasteiger partial charge in [-0.15, -0.1) is 0 Å². The Labute approximate surface area is 41.4 Å². The highest BCUT2D eigenvalue weighted by atomic mass is 16.2. The SMILES string of the molecule is NC(=O)/C=C/CO. The number of rotatable bonds is 2. The molecule has 0 radical (unpaired) electrons. The Morgan fingerprint density at radius 3 is 2.57 bits per heavy atom. The predicted molar refractivity (Wildman–Crippen MR) is 25.4 cm³/mol. The molecule has 0 aliphatic rings. The molecule has 0 heterocycles. The van der Waals surface area contributed by atoms with E-state index in [0.29, 0.717) is 0 Å². The molecule has 0 fully saturated rings. The van der Waals surface area contributed by atoms with Crippen molar-refractivity contribution in [2.24, 2.45) is 5.73 Å². The minimum absolute atomic E-state index is 0.136. The van der Waals surface area contributed by atoms with Crippen molar-refractivity contribution in [2.45, 2.75) is 0 Å². The third-order valence-electron chi connectivity index (χ3n) is 0.388. The van der Waals surface area contributed by atoms with Crippen molar-refractivity contribution < 1.29 is 9.90 Å². The fourth-order valence-corrected chi connectivity index (χ4v) is 0.169. The second-order valence-electron chi connectivity index (χ2n) is 0.987. The van der Waals surface area contributed by atoms with Crippen molar-refractivity contribution in [1.82, 2.24) is 0 Å². The predicted octanol–water partition coefficient (Wildman–Crippen LogP) is -0.980. The third-order valence-corrected chi connectivity index (χ3v) is 0.388. The van der Waals surface area contributed by atoms with Gasteiger partial charge in [0, 0.05) is 6.08 Å². The molecule has 0 saturated carbocycles. The van der Waals surface area contributed by atoms with Crippen LogP contribution in [0.1, 0.15) is 0 Å². The summed E-state index contributed by atoms with van der Waals surface area (Å²) in [6.07, 6.45) is 2.39. The summed E-state index contributed by atoms with van der Waals surface area (Å²) in [6, 6.07) is 0. The van der Waals surface area contributed by atoms with Gasteiger partial charge in [-0.1, -0.05) is 6.08 Å². The first-order chi connectivity index (χ1) is 3.27. The molecule has 0 rings (SSSR count). The molecule has 0 atom stereocenters. The number of amides is 1. The number of aliphatic hydroxyl groups is 1. The van der Waals surface area contributed by atoms with Crippen molar-refractivity contribution in [3.63, 3.8) is 0 Å². The zero-order valence-corrected chi connectivity index (χ0v) is 3.79. The fraction of sp³-hybridized carbons (Fsp3) is 0.250. The van der Waals surface area contributed by atoms with E-state index in [9.17, 15) is 4.79 Å².